The molecular weight excluding hydrogens is 238 g/mol. The van der Waals surface area contributed by atoms with Gasteiger partial charge in [-0.2, -0.15) is 0 Å². The Morgan fingerprint density at radius 3 is 2.68 bits per heavy atom. The summed E-state index contributed by atoms with van der Waals surface area (Å²) in [6, 6.07) is 6.40. The number of ether oxygens (including phenoxy) is 1. The molecule has 19 heavy (non-hydrogen) atoms. The van der Waals surface area contributed by atoms with Gasteiger partial charge in [0.15, 0.2) is 0 Å². The maximum Gasteiger partial charge on any atom is 0.0672 e. The van der Waals surface area contributed by atoms with Gasteiger partial charge in [0.25, 0.3) is 0 Å². The molecule has 1 aromatic carbocycles. The van der Waals surface area contributed by atoms with Crippen LogP contribution in [0.25, 0.3) is 0 Å². The monoisotopic (exact) mass is 265 g/mol. The van der Waals surface area contributed by atoms with Gasteiger partial charge in [0.1, 0.15) is 0 Å². The van der Waals surface area contributed by atoms with Crippen LogP contribution < -0.4 is 5.32 Å². The average molecular weight is 265 g/mol. The fourth-order valence-electron chi connectivity index (χ4n) is 2.15. The molecule has 0 aliphatic carbocycles. The van der Waals surface area contributed by atoms with Gasteiger partial charge in [-0.3, -0.25) is 0 Å². The molecule has 1 rings (SSSR count). The van der Waals surface area contributed by atoms with Crippen LogP contribution in [0.5, 0.6) is 0 Å². The van der Waals surface area contributed by atoms with Crippen LogP contribution in [-0.2, 0) is 11.2 Å². The number of hydrogen-bond donors (Lipinski definition) is 2. The van der Waals surface area contributed by atoms with Crippen LogP contribution in [0.2, 0.25) is 0 Å². The van der Waals surface area contributed by atoms with Crippen LogP contribution >= 0.6 is 0 Å². The van der Waals surface area contributed by atoms with E-state index in [1.807, 2.05) is 6.92 Å². The lowest BCUT2D eigenvalue weighted by molar-refractivity contribution is 0.0509. The van der Waals surface area contributed by atoms with E-state index in [9.17, 15) is 5.11 Å². The molecule has 2 N–H and O–H groups in total. The standard InChI is InChI=1S/C16H27NO2/c1-13-5-6-14(2)15(11-13)12-16(3,18)7-8-17-9-10-19-4/h5-6,11,17-18H,7-10,12H2,1-4H3. The highest BCUT2D eigenvalue weighted by atomic mass is 16.5. The molecular formula is C16H27NO2. The summed E-state index contributed by atoms with van der Waals surface area (Å²) in [4.78, 5) is 0. The molecule has 1 unspecified atom stereocenters. The molecule has 0 aliphatic heterocycles. The van der Waals surface area contributed by atoms with Gasteiger partial charge in [0.2, 0.25) is 0 Å². The normalized spacial score (nSPS) is 14.4. The Kier molecular flexibility index (Phi) is 6.49. The Hall–Kier alpha value is -0.900. The molecule has 0 spiro atoms. The van der Waals surface area contributed by atoms with E-state index >= 15 is 0 Å². The molecule has 0 amide bonds. The Morgan fingerprint density at radius 1 is 1.26 bits per heavy atom. The van der Waals surface area contributed by atoms with E-state index in [-0.39, 0.29) is 0 Å². The van der Waals surface area contributed by atoms with Crippen molar-refractivity contribution < 1.29 is 9.84 Å². The predicted molar refractivity (Wildman–Crippen MR) is 79.6 cm³/mol. The lowest BCUT2D eigenvalue weighted by Crippen LogP contribution is -2.33. The molecule has 3 nitrogen and oxygen atoms in total. The minimum atomic E-state index is -0.668. The average Bonchev–Trinajstić information content (AvgIpc) is 2.33. The Morgan fingerprint density at radius 2 is 2.00 bits per heavy atom. The number of methoxy groups -OCH3 is 1. The first kappa shape index (κ1) is 16.2. The van der Waals surface area contributed by atoms with E-state index in [0.717, 1.165) is 19.5 Å². The zero-order valence-corrected chi connectivity index (χ0v) is 12.6. The number of nitrogens with one attached hydrogen (secondary N) is 1. The largest absolute Gasteiger partial charge is 0.390 e. The maximum atomic E-state index is 10.5. The Bertz CT molecular complexity index is 388. The van der Waals surface area contributed by atoms with Crippen molar-refractivity contribution in [1.29, 1.82) is 0 Å². The Balaban J connectivity index is 2.46. The van der Waals surface area contributed by atoms with Crippen molar-refractivity contribution in [1.82, 2.24) is 5.32 Å². The van der Waals surface area contributed by atoms with Crippen LogP contribution in [0.15, 0.2) is 18.2 Å². The molecule has 0 aromatic heterocycles. The summed E-state index contributed by atoms with van der Waals surface area (Å²) >= 11 is 0. The second-order valence-electron chi connectivity index (χ2n) is 5.60. The number of benzene rings is 1. The quantitative estimate of drug-likeness (QED) is 0.708. The summed E-state index contributed by atoms with van der Waals surface area (Å²) in [7, 11) is 1.69. The lowest BCUT2D eigenvalue weighted by Gasteiger charge is -2.24. The van der Waals surface area contributed by atoms with Gasteiger partial charge in [0, 0.05) is 20.1 Å². The lowest BCUT2D eigenvalue weighted by atomic mass is 9.90. The molecule has 0 bridgehead atoms. The summed E-state index contributed by atoms with van der Waals surface area (Å²) in [5.74, 6) is 0. The van der Waals surface area contributed by atoms with Crippen LogP contribution in [-0.4, -0.2) is 37.5 Å². The summed E-state index contributed by atoms with van der Waals surface area (Å²) in [5, 5.41) is 13.7. The second kappa shape index (κ2) is 7.63. The summed E-state index contributed by atoms with van der Waals surface area (Å²) in [6.45, 7) is 8.44. The van der Waals surface area contributed by atoms with E-state index in [1.54, 1.807) is 7.11 Å². The fraction of sp³-hybridized carbons (Fsp3) is 0.625. The molecule has 1 atom stereocenters. The van der Waals surface area contributed by atoms with E-state index in [4.69, 9.17) is 4.74 Å². The smallest absolute Gasteiger partial charge is 0.0672 e. The minimum absolute atomic E-state index is 0.668. The highest BCUT2D eigenvalue weighted by molar-refractivity contribution is 5.31. The summed E-state index contributed by atoms with van der Waals surface area (Å²) in [5.41, 5.74) is 3.06. The van der Waals surface area contributed by atoms with Crippen molar-refractivity contribution >= 4 is 0 Å². The number of rotatable bonds is 8. The van der Waals surface area contributed by atoms with Crippen molar-refractivity contribution in [2.45, 2.75) is 39.2 Å². The number of aryl methyl sites for hydroxylation is 2. The van der Waals surface area contributed by atoms with E-state index < -0.39 is 5.60 Å². The van der Waals surface area contributed by atoms with Crippen molar-refractivity contribution in [3.8, 4) is 0 Å². The van der Waals surface area contributed by atoms with Crippen LogP contribution in [0.4, 0.5) is 0 Å². The summed E-state index contributed by atoms with van der Waals surface area (Å²) < 4.78 is 4.97. The van der Waals surface area contributed by atoms with E-state index in [2.05, 4.69) is 37.4 Å². The molecule has 108 valence electrons. The first-order chi connectivity index (χ1) is 8.94. The van der Waals surface area contributed by atoms with Gasteiger partial charge in [-0.1, -0.05) is 23.8 Å². The maximum absolute atomic E-state index is 10.5. The fourth-order valence-corrected chi connectivity index (χ4v) is 2.15. The van der Waals surface area contributed by atoms with Gasteiger partial charge >= 0.3 is 0 Å². The van der Waals surface area contributed by atoms with E-state index in [1.165, 1.54) is 16.7 Å². The highest BCUT2D eigenvalue weighted by Crippen LogP contribution is 2.20. The van der Waals surface area contributed by atoms with E-state index in [0.29, 0.717) is 13.0 Å². The molecule has 0 heterocycles. The zero-order chi connectivity index (χ0) is 14.3. The van der Waals surface area contributed by atoms with Gasteiger partial charge in [-0.05, 0) is 44.9 Å². The third kappa shape index (κ3) is 6.19. The van der Waals surface area contributed by atoms with Crippen LogP contribution in [0.3, 0.4) is 0 Å². The molecule has 0 aliphatic rings. The van der Waals surface area contributed by atoms with Crippen molar-refractivity contribution in [3.05, 3.63) is 34.9 Å². The first-order valence-electron chi connectivity index (χ1n) is 6.93. The first-order valence-corrected chi connectivity index (χ1v) is 6.93. The van der Waals surface area contributed by atoms with Gasteiger partial charge in [0.05, 0.1) is 12.2 Å². The van der Waals surface area contributed by atoms with Crippen molar-refractivity contribution in [2.24, 2.45) is 0 Å². The molecule has 0 saturated carbocycles. The molecule has 0 saturated heterocycles. The topological polar surface area (TPSA) is 41.5 Å². The summed E-state index contributed by atoms with van der Waals surface area (Å²) in [6.07, 6.45) is 1.44. The minimum Gasteiger partial charge on any atom is -0.390 e. The third-order valence-corrected chi connectivity index (χ3v) is 3.40. The molecule has 3 heteroatoms. The van der Waals surface area contributed by atoms with Crippen LogP contribution in [0.1, 0.15) is 30.0 Å². The third-order valence-electron chi connectivity index (χ3n) is 3.40. The SMILES string of the molecule is COCCNCCC(C)(O)Cc1cc(C)ccc1C. The molecule has 0 radical (unpaired) electrons. The predicted octanol–water partition coefficient (Wildman–Crippen LogP) is 2.22. The highest BCUT2D eigenvalue weighted by Gasteiger charge is 2.21. The van der Waals surface area contributed by atoms with Gasteiger partial charge in [-0.25, -0.2) is 0 Å². The number of aliphatic hydroxyl groups is 1. The second-order valence-corrected chi connectivity index (χ2v) is 5.60. The van der Waals surface area contributed by atoms with Gasteiger partial charge < -0.3 is 15.2 Å². The van der Waals surface area contributed by atoms with Crippen LogP contribution in [0, 0.1) is 13.8 Å². The van der Waals surface area contributed by atoms with Crippen molar-refractivity contribution in [3.63, 3.8) is 0 Å². The molecule has 1 aromatic rings. The van der Waals surface area contributed by atoms with Gasteiger partial charge in [-0.15, -0.1) is 0 Å². The zero-order valence-electron chi connectivity index (χ0n) is 12.6. The van der Waals surface area contributed by atoms with Crippen molar-refractivity contribution in [2.75, 3.05) is 26.8 Å². The number of hydrogen-bond acceptors (Lipinski definition) is 3. The Labute approximate surface area is 117 Å². The molecule has 0 fully saturated rings.